The van der Waals surface area contributed by atoms with E-state index in [-0.39, 0.29) is 12.5 Å². The molecule has 9 nitrogen and oxygen atoms in total. The van der Waals surface area contributed by atoms with Crippen molar-refractivity contribution in [2.75, 3.05) is 13.7 Å². The summed E-state index contributed by atoms with van der Waals surface area (Å²) in [4.78, 5) is 55.9. The minimum Gasteiger partial charge on any atom is -0.467 e. The molecular weight excluding hydrogens is 486 g/mol. The number of ether oxygens (including phenoxy) is 2. The number of carbonyl (C=O) groups excluding carboxylic acids is 4. The van der Waals surface area contributed by atoms with Crippen molar-refractivity contribution in [2.45, 2.75) is 70.8 Å². The first kappa shape index (κ1) is 28.7. The molecule has 9 heteroatoms. The Labute approximate surface area is 224 Å². The van der Waals surface area contributed by atoms with Crippen LogP contribution in [0.1, 0.15) is 57.7 Å². The fourth-order valence-electron chi connectivity index (χ4n) is 4.47. The van der Waals surface area contributed by atoms with Crippen LogP contribution >= 0.6 is 0 Å². The molecule has 0 aliphatic carbocycles. The largest absolute Gasteiger partial charge is 0.467 e. The van der Waals surface area contributed by atoms with E-state index in [0.29, 0.717) is 24.9 Å². The lowest BCUT2D eigenvalue weighted by atomic mass is 10.0. The number of benzene rings is 2. The summed E-state index contributed by atoms with van der Waals surface area (Å²) in [7, 11) is 1.25. The second-order valence-electron chi connectivity index (χ2n) is 10.4. The zero-order valence-electron chi connectivity index (χ0n) is 22.7. The average Bonchev–Trinajstić information content (AvgIpc) is 3.38. The van der Waals surface area contributed by atoms with Gasteiger partial charge < -0.3 is 19.7 Å². The van der Waals surface area contributed by atoms with Crippen LogP contribution in [-0.2, 0) is 30.4 Å². The summed E-state index contributed by atoms with van der Waals surface area (Å²) in [5.41, 5.74) is 0.679. The van der Waals surface area contributed by atoms with Gasteiger partial charge in [0.2, 0.25) is 11.8 Å². The Morgan fingerprint density at radius 1 is 1.03 bits per heavy atom. The fraction of sp³-hybridized carbons (Fsp3) is 0.448. The number of amides is 3. The Balaban J connectivity index is 2.02. The summed E-state index contributed by atoms with van der Waals surface area (Å²) in [6.07, 6.45) is 0.523. The summed E-state index contributed by atoms with van der Waals surface area (Å²) < 4.78 is 10.3. The van der Waals surface area contributed by atoms with Crippen LogP contribution in [0.15, 0.2) is 60.7 Å². The van der Waals surface area contributed by atoms with E-state index in [1.807, 2.05) is 36.4 Å². The molecule has 0 saturated carbocycles. The van der Waals surface area contributed by atoms with Gasteiger partial charge in [-0.05, 0) is 51.7 Å². The third kappa shape index (κ3) is 7.34. The van der Waals surface area contributed by atoms with Gasteiger partial charge in [-0.15, -0.1) is 0 Å². The second-order valence-corrected chi connectivity index (χ2v) is 10.4. The number of methoxy groups -OCH3 is 1. The van der Waals surface area contributed by atoms with Gasteiger partial charge in [0.05, 0.1) is 7.11 Å². The van der Waals surface area contributed by atoms with Gasteiger partial charge in [-0.25, -0.2) is 9.59 Å². The first-order chi connectivity index (χ1) is 18.0. The third-order valence-corrected chi connectivity index (χ3v) is 6.23. The van der Waals surface area contributed by atoms with E-state index in [4.69, 9.17) is 9.47 Å². The first-order valence-electron chi connectivity index (χ1n) is 12.8. The van der Waals surface area contributed by atoms with Crippen molar-refractivity contribution in [3.05, 3.63) is 71.8 Å². The molecule has 1 fully saturated rings. The highest BCUT2D eigenvalue weighted by Crippen LogP contribution is 2.29. The Kier molecular flexibility index (Phi) is 9.50. The van der Waals surface area contributed by atoms with Crippen molar-refractivity contribution in [3.8, 4) is 0 Å². The predicted octanol–water partition coefficient (Wildman–Crippen LogP) is 3.83. The van der Waals surface area contributed by atoms with Crippen LogP contribution in [0.3, 0.4) is 0 Å². The van der Waals surface area contributed by atoms with Gasteiger partial charge in [0.15, 0.2) is 0 Å². The summed E-state index contributed by atoms with van der Waals surface area (Å²) in [6.45, 7) is 7.35. The molecule has 1 aliphatic rings. The molecule has 1 saturated heterocycles. The van der Waals surface area contributed by atoms with Crippen LogP contribution in [0.5, 0.6) is 0 Å². The van der Waals surface area contributed by atoms with Gasteiger partial charge in [-0.1, -0.05) is 60.7 Å². The lowest BCUT2D eigenvalue weighted by Gasteiger charge is -2.36. The van der Waals surface area contributed by atoms with E-state index in [1.54, 1.807) is 45.0 Å². The number of carbonyl (C=O) groups is 4. The number of nitrogens with one attached hydrogen (secondary N) is 1. The number of esters is 1. The number of nitrogens with zero attached hydrogens (tertiary/aromatic N) is 2. The van der Waals surface area contributed by atoms with Gasteiger partial charge in [-0.3, -0.25) is 14.5 Å². The zero-order chi connectivity index (χ0) is 27.9. The van der Waals surface area contributed by atoms with E-state index in [0.717, 1.165) is 5.56 Å². The molecule has 3 atom stereocenters. The SMILES string of the molecule is COC(=O)[C@H](C)NC(=O)[C@H](c1ccccc1)N(Cc1ccccc1)C(=O)[C@@H]1CCCN1C(=O)OC(C)(C)C. The summed E-state index contributed by atoms with van der Waals surface area (Å²) >= 11 is 0. The second kappa shape index (κ2) is 12.6. The molecule has 1 N–H and O–H groups in total. The molecule has 0 aromatic heterocycles. The van der Waals surface area contributed by atoms with Crippen LogP contribution in [0.4, 0.5) is 4.79 Å². The molecule has 0 unspecified atom stereocenters. The average molecular weight is 524 g/mol. The van der Waals surface area contributed by atoms with Gasteiger partial charge in [-0.2, -0.15) is 0 Å². The predicted molar refractivity (Wildman–Crippen MR) is 142 cm³/mol. The van der Waals surface area contributed by atoms with Gasteiger partial charge in [0.25, 0.3) is 0 Å². The summed E-state index contributed by atoms with van der Waals surface area (Å²) in [5.74, 6) is -1.50. The first-order valence-corrected chi connectivity index (χ1v) is 12.8. The molecule has 1 heterocycles. The molecule has 3 amide bonds. The lowest BCUT2D eigenvalue weighted by molar-refractivity contribution is -0.148. The highest BCUT2D eigenvalue weighted by molar-refractivity contribution is 5.94. The molecule has 0 spiro atoms. The molecule has 204 valence electrons. The molecule has 0 radical (unpaired) electrons. The monoisotopic (exact) mass is 523 g/mol. The van der Waals surface area contributed by atoms with E-state index in [2.05, 4.69) is 5.32 Å². The Morgan fingerprint density at radius 2 is 1.63 bits per heavy atom. The molecule has 3 rings (SSSR count). The van der Waals surface area contributed by atoms with Gasteiger partial charge in [0.1, 0.15) is 23.7 Å². The summed E-state index contributed by atoms with van der Waals surface area (Å²) in [5, 5.41) is 2.69. The molecule has 1 aliphatic heterocycles. The van der Waals surface area contributed by atoms with E-state index >= 15 is 0 Å². The number of likely N-dealkylation sites (tertiary alicyclic amines) is 1. The highest BCUT2D eigenvalue weighted by atomic mass is 16.6. The van der Waals surface area contributed by atoms with Crippen molar-refractivity contribution >= 4 is 23.9 Å². The van der Waals surface area contributed by atoms with Crippen LogP contribution in [-0.4, -0.2) is 65.0 Å². The molecule has 0 bridgehead atoms. The highest BCUT2D eigenvalue weighted by Gasteiger charge is 2.42. The van der Waals surface area contributed by atoms with Crippen LogP contribution in [0.2, 0.25) is 0 Å². The van der Waals surface area contributed by atoms with E-state index in [1.165, 1.54) is 23.8 Å². The Morgan fingerprint density at radius 3 is 2.21 bits per heavy atom. The smallest absolute Gasteiger partial charge is 0.410 e. The topological polar surface area (TPSA) is 105 Å². The van der Waals surface area contributed by atoms with Crippen molar-refractivity contribution in [2.24, 2.45) is 0 Å². The van der Waals surface area contributed by atoms with Crippen LogP contribution in [0, 0.1) is 0 Å². The summed E-state index contributed by atoms with van der Waals surface area (Å²) in [6, 6.07) is 15.5. The quantitative estimate of drug-likeness (QED) is 0.527. The van der Waals surface area contributed by atoms with E-state index in [9.17, 15) is 19.2 Å². The number of rotatable bonds is 8. The Hall–Kier alpha value is -3.88. The minimum absolute atomic E-state index is 0.123. The van der Waals surface area contributed by atoms with Crippen molar-refractivity contribution < 1.29 is 28.7 Å². The van der Waals surface area contributed by atoms with Crippen LogP contribution in [0.25, 0.3) is 0 Å². The molecule has 38 heavy (non-hydrogen) atoms. The standard InChI is InChI=1S/C29H37N3O6/c1-20(27(35)37-5)30-25(33)24(22-15-10-7-11-16-22)32(19-21-13-8-6-9-14-21)26(34)23-17-12-18-31(23)28(36)38-29(2,3)4/h6-11,13-16,20,23-24H,12,17-19H2,1-5H3,(H,30,33)/t20-,23-,24-/m0/s1. The maximum Gasteiger partial charge on any atom is 0.410 e. The van der Waals surface area contributed by atoms with Gasteiger partial charge >= 0.3 is 12.1 Å². The lowest BCUT2D eigenvalue weighted by Crippen LogP contribution is -2.53. The zero-order valence-corrected chi connectivity index (χ0v) is 22.7. The van der Waals surface area contributed by atoms with Crippen LogP contribution < -0.4 is 5.32 Å². The third-order valence-electron chi connectivity index (χ3n) is 6.23. The Bertz CT molecular complexity index is 1120. The van der Waals surface area contributed by atoms with Gasteiger partial charge in [0, 0.05) is 13.1 Å². The normalized spacial score (nSPS) is 16.8. The molecule has 2 aromatic carbocycles. The van der Waals surface area contributed by atoms with Crippen molar-refractivity contribution in [1.29, 1.82) is 0 Å². The van der Waals surface area contributed by atoms with E-state index < -0.39 is 41.7 Å². The number of hydrogen-bond donors (Lipinski definition) is 1. The number of hydrogen-bond acceptors (Lipinski definition) is 6. The molecule has 2 aromatic rings. The maximum atomic E-state index is 14.2. The fourth-order valence-corrected chi connectivity index (χ4v) is 4.47. The van der Waals surface area contributed by atoms with Crippen molar-refractivity contribution in [1.82, 2.24) is 15.1 Å². The van der Waals surface area contributed by atoms with Crippen molar-refractivity contribution in [3.63, 3.8) is 0 Å². The molecular formula is C29H37N3O6. The maximum absolute atomic E-state index is 14.2. The minimum atomic E-state index is -1.06.